The van der Waals surface area contributed by atoms with E-state index in [1.165, 1.54) is 0 Å². The lowest BCUT2D eigenvalue weighted by Gasteiger charge is -2.15. The van der Waals surface area contributed by atoms with E-state index in [0.29, 0.717) is 18.3 Å². The summed E-state index contributed by atoms with van der Waals surface area (Å²) in [7, 11) is 0. The van der Waals surface area contributed by atoms with Crippen molar-refractivity contribution in [1.29, 1.82) is 0 Å². The van der Waals surface area contributed by atoms with E-state index in [0.717, 1.165) is 6.42 Å². The summed E-state index contributed by atoms with van der Waals surface area (Å²) >= 11 is 1.66. The van der Waals surface area contributed by atoms with Gasteiger partial charge in [0.2, 0.25) is 5.91 Å². The molecule has 0 aromatic rings. The van der Waals surface area contributed by atoms with Crippen LogP contribution in [0.15, 0.2) is 12.7 Å². The van der Waals surface area contributed by atoms with E-state index in [2.05, 4.69) is 18.8 Å². The average molecular weight is 216 g/mol. The molecule has 4 heteroatoms. The third kappa shape index (κ3) is 6.05. The minimum Gasteiger partial charge on any atom is -0.352 e. The summed E-state index contributed by atoms with van der Waals surface area (Å²) in [6, 6.07) is 0. The van der Waals surface area contributed by atoms with E-state index in [-0.39, 0.29) is 11.2 Å². The van der Waals surface area contributed by atoms with Crippen molar-refractivity contribution in [2.24, 2.45) is 5.73 Å². The van der Waals surface area contributed by atoms with Crippen LogP contribution in [-0.2, 0) is 4.79 Å². The summed E-state index contributed by atoms with van der Waals surface area (Å²) in [6.45, 7) is 8.76. The van der Waals surface area contributed by atoms with Crippen LogP contribution in [0.5, 0.6) is 0 Å². The summed E-state index contributed by atoms with van der Waals surface area (Å²) in [5.41, 5.74) is 5.43. The number of nitrogens with one attached hydrogen (secondary N) is 1. The molecule has 3 nitrogen and oxygen atoms in total. The van der Waals surface area contributed by atoms with E-state index in [9.17, 15) is 4.79 Å². The highest BCUT2D eigenvalue weighted by Crippen LogP contribution is 2.19. The maximum absolute atomic E-state index is 11.4. The molecular weight excluding hydrogens is 196 g/mol. The van der Waals surface area contributed by atoms with Gasteiger partial charge in [-0.05, 0) is 19.9 Å². The van der Waals surface area contributed by atoms with Crippen LogP contribution in [0, 0.1) is 0 Å². The fourth-order valence-corrected chi connectivity index (χ4v) is 2.21. The maximum Gasteiger partial charge on any atom is 0.233 e. The van der Waals surface area contributed by atoms with Crippen LogP contribution < -0.4 is 11.1 Å². The first kappa shape index (κ1) is 13.5. The quantitative estimate of drug-likeness (QED) is 0.628. The number of carbonyl (C=O) groups is 1. The van der Waals surface area contributed by atoms with Gasteiger partial charge in [0.15, 0.2) is 0 Å². The first-order valence-corrected chi connectivity index (χ1v) is 5.80. The minimum atomic E-state index is -0.0171. The molecular formula is C10H20N2OS. The second-order valence-electron chi connectivity index (χ2n) is 3.20. The summed E-state index contributed by atoms with van der Waals surface area (Å²) in [4.78, 5) is 11.4. The first-order chi connectivity index (χ1) is 6.61. The van der Waals surface area contributed by atoms with Gasteiger partial charge in [0.1, 0.15) is 0 Å². The molecule has 0 spiro atoms. The van der Waals surface area contributed by atoms with Gasteiger partial charge in [-0.25, -0.2) is 0 Å². The lowest BCUT2D eigenvalue weighted by molar-refractivity contribution is -0.120. The number of rotatable bonds is 7. The van der Waals surface area contributed by atoms with Crippen molar-refractivity contribution in [2.75, 3.05) is 13.1 Å². The smallest absolute Gasteiger partial charge is 0.233 e. The molecule has 0 aliphatic carbocycles. The highest BCUT2D eigenvalue weighted by atomic mass is 32.2. The van der Waals surface area contributed by atoms with Gasteiger partial charge in [0.25, 0.3) is 0 Å². The second kappa shape index (κ2) is 7.88. The predicted octanol–water partition coefficient (Wildman–Crippen LogP) is 1.15. The minimum absolute atomic E-state index is 0.0171. The Bertz CT molecular complexity index is 185. The molecule has 0 saturated heterocycles. The monoisotopic (exact) mass is 216 g/mol. The van der Waals surface area contributed by atoms with Crippen molar-refractivity contribution in [3.63, 3.8) is 0 Å². The van der Waals surface area contributed by atoms with Crippen molar-refractivity contribution in [3.8, 4) is 0 Å². The van der Waals surface area contributed by atoms with Crippen LogP contribution in [0.1, 0.15) is 20.3 Å². The van der Waals surface area contributed by atoms with Crippen LogP contribution in [0.2, 0.25) is 0 Å². The van der Waals surface area contributed by atoms with Gasteiger partial charge >= 0.3 is 0 Å². The van der Waals surface area contributed by atoms with Gasteiger partial charge in [-0.2, -0.15) is 0 Å². The molecule has 0 aliphatic heterocycles. The predicted molar refractivity (Wildman–Crippen MR) is 63.4 cm³/mol. The van der Waals surface area contributed by atoms with Gasteiger partial charge in [0.05, 0.1) is 5.25 Å². The number of nitrogens with two attached hydrogens (primary N) is 1. The lowest BCUT2D eigenvalue weighted by Crippen LogP contribution is -2.32. The molecule has 0 fully saturated rings. The zero-order chi connectivity index (χ0) is 11.0. The molecule has 1 amide bonds. The average Bonchev–Trinajstić information content (AvgIpc) is 2.14. The topological polar surface area (TPSA) is 55.1 Å². The molecule has 0 aromatic heterocycles. The van der Waals surface area contributed by atoms with Crippen molar-refractivity contribution < 1.29 is 4.79 Å². The second-order valence-corrected chi connectivity index (χ2v) is 4.98. The number of carbonyl (C=O) groups excluding carboxylic acids is 1. The summed E-state index contributed by atoms with van der Waals surface area (Å²) in [6.07, 6.45) is 2.63. The highest BCUT2D eigenvalue weighted by molar-refractivity contribution is 8.01. The van der Waals surface area contributed by atoms with E-state index in [1.54, 1.807) is 17.8 Å². The molecule has 2 atom stereocenters. The third-order valence-electron chi connectivity index (χ3n) is 1.80. The summed E-state index contributed by atoms with van der Waals surface area (Å²) in [5.74, 6) is 0.0683. The van der Waals surface area contributed by atoms with Gasteiger partial charge in [-0.3, -0.25) is 4.79 Å². The molecule has 0 heterocycles. The zero-order valence-corrected chi connectivity index (χ0v) is 9.77. The Hall–Kier alpha value is -0.480. The van der Waals surface area contributed by atoms with E-state index >= 15 is 0 Å². The SMILES string of the molecule is C=CCNC(=O)C(C)SC(C)CCN. The molecule has 0 rings (SSSR count). The van der Waals surface area contributed by atoms with Gasteiger partial charge in [-0.15, -0.1) is 18.3 Å². The van der Waals surface area contributed by atoms with Gasteiger partial charge < -0.3 is 11.1 Å². The molecule has 0 aliphatic rings. The molecule has 82 valence electrons. The van der Waals surface area contributed by atoms with Crippen LogP contribution >= 0.6 is 11.8 Å². The summed E-state index contributed by atoms with van der Waals surface area (Å²) in [5, 5.41) is 3.19. The molecule has 0 aromatic carbocycles. The standard InChI is InChI=1S/C10H20N2OS/c1-4-7-12-10(13)9(3)14-8(2)5-6-11/h4,8-9H,1,5-7,11H2,2-3H3,(H,12,13). The molecule has 3 N–H and O–H groups in total. The lowest BCUT2D eigenvalue weighted by atomic mass is 10.3. The molecule has 0 saturated carbocycles. The molecule has 14 heavy (non-hydrogen) atoms. The molecule has 2 unspecified atom stereocenters. The van der Waals surface area contributed by atoms with E-state index < -0.39 is 0 Å². The van der Waals surface area contributed by atoms with Crippen LogP contribution in [0.25, 0.3) is 0 Å². The number of hydrogen-bond donors (Lipinski definition) is 2. The number of hydrogen-bond acceptors (Lipinski definition) is 3. The fraction of sp³-hybridized carbons (Fsp3) is 0.700. The Morgan fingerprint density at radius 2 is 2.29 bits per heavy atom. The Morgan fingerprint density at radius 1 is 1.64 bits per heavy atom. The van der Waals surface area contributed by atoms with Crippen LogP contribution in [0.3, 0.4) is 0 Å². The van der Waals surface area contributed by atoms with Crippen LogP contribution in [0.4, 0.5) is 0 Å². The van der Waals surface area contributed by atoms with Gasteiger partial charge in [-0.1, -0.05) is 13.0 Å². The first-order valence-electron chi connectivity index (χ1n) is 4.86. The van der Waals surface area contributed by atoms with E-state index in [1.807, 2.05) is 6.92 Å². The van der Waals surface area contributed by atoms with Crippen molar-refractivity contribution in [1.82, 2.24) is 5.32 Å². The van der Waals surface area contributed by atoms with Crippen molar-refractivity contribution in [2.45, 2.75) is 30.8 Å². The number of amides is 1. The Balaban J connectivity index is 3.75. The Kier molecular flexibility index (Phi) is 7.61. The largest absolute Gasteiger partial charge is 0.352 e. The highest BCUT2D eigenvalue weighted by Gasteiger charge is 2.15. The van der Waals surface area contributed by atoms with E-state index in [4.69, 9.17) is 5.73 Å². The Labute approximate surface area is 90.5 Å². The summed E-state index contributed by atoms with van der Waals surface area (Å²) < 4.78 is 0. The van der Waals surface area contributed by atoms with Crippen molar-refractivity contribution in [3.05, 3.63) is 12.7 Å². The number of thioether (sulfide) groups is 1. The third-order valence-corrected chi connectivity index (χ3v) is 3.12. The van der Waals surface area contributed by atoms with Crippen LogP contribution in [-0.4, -0.2) is 29.5 Å². The van der Waals surface area contributed by atoms with Crippen molar-refractivity contribution >= 4 is 17.7 Å². The molecule has 0 radical (unpaired) electrons. The zero-order valence-electron chi connectivity index (χ0n) is 8.95. The normalized spacial score (nSPS) is 14.5. The Morgan fingerprint density at radius 3 is 2.79 bits per heavy atom. The molecule has 0 bridgehead atoms. The van der Waals surface area contributed by atoms with Gasteiger partial charge in [0, 0.05) is 11.8 Å². The fourth-order valence-electron chi connectivity index (χ4n) is 1.03. The maximum atomic E-state index is 11.4.